The Morgan fingerprint density at radius 2 is 2.06 bits per heavy atom. The fraction of sp³-hybridized carbons (Fsp3) is 0.417. The topological polar surface area (TPSA) is 46.5 Å². The molecule has 0 spiro atoms. The van der Waals surface area contributed by atoms with E-state index >= 15 is 0 Å². The van der Waals surface area contributed by atoms with Crippen molar-refractivity contribution in [2.24, 2.45) is 0 Å². The Morgan fingerprint density at radius 1 is 1.44 bits per heavy atom. The number of methoxy groups -OCH3 is 1. The lowest BCUT2D eigenvalue weighted by atomic mass is 10.1. The van der Waals surface area contributed by atoms with Gasteiger partial charge in [0.25, 0.3) is 0 Å². The second-order valence-electron chi connectivity index (χ2n) is 4.08. The van der Waals surface area contributed by atoms with Crippen LogP contribution in [0, 0.1) is 0 Å². The van der Waals surface area contributed by atoms with E-state index in [1.54, 1.807) is 7.11 Å². The van der Waals surface area contributed by atoms with Gasteiger partial charge in [0.1, 0.15) is 5.75 Å². The van der Waals surface area contributed by atoms with Gasteiger partial charge in [-0.1, -0.05) is 12.1 Å². The number of benzene rings is 1. The molecule has 0 aliphatic carbocycles. The van der Waals surface area contributed by atoms with E-state index in [1.807, 2.05) is 38.1 Å². The number of carboxylic acids is 1. The summed E-state index contributed by atoms with van der Waals surface area (Å²) in [5.74, 6) is -0.00152. The van der Waals surface area contributed by atoms with Gasteiger partial charge in [0.05, 0.1) is 13.5 Å². The molecule has 3 nitrogen and oxygen atoms in total. The number of hydrogen-bond donors (Lipinski definition) is 1. The maximum atomic E-state index is 10.7. The molecule has 0 heterocycles. The smallest absolute Gasteiger partial charge is 0.304 e. The maximum absolute atomic E-state index is 10.7. The van der Waals surface area contributed by atoms with E-state index in [0.717, 1.165) is 10.6 Å². The summed E-state index contributed by atoms with van der Waals surface area (Å²) in [4.78, 5) is 11.7. The number of para-hydroxylation sites is 1. The van der Waals surface area contributed by atoms with Gasteiger partial charge in [-0.3, -0.25) is 4.79 Å². The van der Waals surface area contributed by atoms with Crippen molar-refractivity contribution in [1.29, 1.82) is 0 Å². The molecule has 1 aromatic carbocycles. The number of hydrogen-bond acceptors (Lipinski definition) is 3. The van der Waals surface area contributed by atoms with Gasteiger partial charge in [0.15, 0.2) is 0 Å². The third-order valence-electron chi connectivity index (χ3n) is 2.03. The Morgan fingerprint density at radius 3 is 2.62 bits per heavy atom. The minimum atomic E-state index is -0.785. The third-order valence-corrected chi connectivity index (χ3v) is 3.29. The van der Waals surface area contributed by atoms with E-state index in [2.05, 4.69) is 0 Å². The monoisotopic (exact) mass is 240 g/mol. The molecule has 0 aliphatic heterocycles. The summed E-state index contributed by atoms with van der Waals surface area (Å²) in [6.07, 6.45) is 0.121. The van der Waals surface area contributed by atoms with Crippen molar-refractivity contribution in [3.8, 4) is 5.75 Å². The third kappa shape index (κ3) is 3.77. The zero-order valence-electron chi connectivity index (χ0n) is 9.69. The Bertz CT molecular complexity index is 374. The van der Waals surface area contributed by atoms with Crippen molar-refractivity contribution in [2.45, 2.75) is 29.9 Å². The summed E-state index contributed by atoms with van der Waals surface area (Å²) in [6.45, 7) is 3.83. The molecule has 0 aliphatic rings. The Hall–Kier alpha value is -1.16. The van der Waals surface area contributed by atoms with E-state index in [4.69, 9.17) is 9.84 Å². The van der Waals surface area contributed by atoms with Crippen LogP contribution < -0.4 is 4.74 Å². The van der Waals surface area contributed by atoms with Crippen LogP contribution in [0.25, 0.3) is 0 Å². The van der Waals surface area contributed by atoms with Crippen LogP contribution in [-0.2, 0) is 4.79 Å². The van der Waals surface area contributed by atoms with E-state index < -0.39 is 5.97 Å². The maximum Gasteiger partial charge on any atom is 0.304 e. The second-order valence-corrected chi connectivity index (χ2v) is 5.83. The molecule has 0 amide bonds. The molecule has 0 saturated heterocycles. The SMILES string of the molecule is COc1ccccc1SC(C)(C)CC(=O)O. The highest BCUT2D eigenvalue weighted by Gasteiger charge is 2.24. The van der Waals surface area contributed by atoms with Gasteiger partial charge < -0.3 is 9.84 Å². The highest BCUT2D eigenvalue weighted by Crippen LogP contribution is 2.39. The number of rotatable bonds is 5. The minimum absolute atomic E-state index is 0.121. The summed E-state index contributed by atoms with van der Waals surface area (Å²) >= 11 is 1.52. The lowest BCUT2D eigenvalue weighted by Crippen LogP contribution is -2.19. The molecule has 0 bridgehead atoms. The van der Waals surface area contributed by atoms with Gasteiger partial charge in [-0.05, 0) is 26.0 Å². The van der Waals surface area contributed by atoms with Crippen molar-refractivity contribution in [2.75, 3.05) is 7.11 Å². The van der Waals surface area contributed by atoms with Crippen LogP contribution in [0.4, 0.5) is 0 Å². The molecule has 1 N–H and O–H groups in total. The predicted octanol–water partition coefficient (Wildman–Crippen LogP) is 3.04. The molecule has 0 aromatic heterocycles. The van der Waals surface area contributed by atoms with Crippen LogP contribution in [-0.4, -0.2) is 22.9 Å². The first-order chi connectivity index (χ1) is 7.44. The first-order valence-electron chi connectivity index (χ1n) is 4.98. The fourth-order valence-electron chi connectivity index (χ4n) is 1.40. The summed E-state index contributed by atoms with van der Waals surface area (Å²) in [6, 6.07) is 7.63. The zero-order chi connectivity index (χ0) is 12.2. The van der Waals surface area contributed by atoms with Crippen LogP contribution in [0.15, 0.2) is 29.2 Å². The predicted molar refractivity (Wildman–Crippen MR) is 65.2 cm³/mol. The Balaban J connectivity index is 2.82. The van der Waals surface area contributed by atoms with Crippen LogP contribution in [0.3, 0.4) is 0 Å². The highest BCUT2D eigenvalue weighted by molar-refractivity contribution is 8.00. The van der Waals surface area contributed by atoms with Crippen LogP contribution in [0.1, 0.15) is 20.3 Å². The van der Waals surface area contributed by atoms with Crippen LogP contribution >= 0.6 is 11.8 Å². The average molecular weight is 240 g/mol. The number of carboxylic acid groups (broad SMARTS) is 1. The molecular weight excluding hydrogens is 224 g/mol. The molecule has 88 valence electrons. The van der Waals surface area contributed by atoms with Crippen molar-refractivity contribution in [3.63, 3.8) is 0 Å². The molecule has 1 aromatic rings. The van der Waals surface area contributed by atoms with Crippen molar-refractivity contribution in [3.05, 3.63) is 24.3 Å². The number of carbonyl (C=O) groups is 1. The van der Waals surface area contributed by atoms with Gasteiger partial charge in [0, 0.05) is 9.64 Å². The Kier molecular flexibility index (Phi) is 4.24. The van der Waals surface area contributed by atoms with Crippen molar-refractivity contribution >= 4 is 17.7 Å². The molecule has 0 atom stereocenters. The Labute approximate surface area is 99.8 Å². The summed E-state index contributed by atoms with van der Waals surface area (Å²) < 4.78 is 4.88. The zero-order valence-corrected chi connectivity index (χ0v) is 10.5. The lowest BCUT2D eigenvalue weighted by Gasteiger charge is -2.22. The van der Waals surface area contributed by atoms with E-state index in [9.17, 15) is 4.79 Å². The molecule has 4 heteroatoms. The summed E-state index contributed by atoms with van der Waals surface area (Å²) in [5, 5.41) is 8.81. The molecule has 16 heavy (non-hydrogen) atoms. The van der Waals surface area contributed by atoms with Crippen molar-refractivity contribution < 1.29 is 14.6 Å². The van der Waals surface area contributed by atoms with Crippen LogP contribution in [0.5, 0.6) is 5.75 Å². The first-order valence-corrected chi connectivity index (χ1v) is 5.80. The van der Waals surface area contributed by atoms with Gasteiger partial charge in [-0.15, -0.1) is 11.8 Å². The summed E-state index contributed by atoms with van der Waals surface area (Å²) in [5.41, 5.74) is 0. The molecular formula is C12H16O3S. The molecule has 0 radical (unpaired) electrons. The second kappa shape index (κ2) is 5.25. The number of ether oxygens (including phenoxy) is 1. The normalized spacial score (nSPS) is 11.2. The quantitative estimate of drug-likeness (QED) is 0.803. The van der Waals surface area contributed by atoms with Gasteiger partial charge in [0.2, 0.25) is 0 Å². The molecule has 1 rings (SSSR count). The largest absolute Gasteiger partial charge is 0.496 e. The fourth-order valence-corrected chi connectivity index (χ4v) is 2.59. The molecule has 0 unspecified atom stereocenters. The van der Waals surface area contributed by atoms with E-state index in [0.29, 0.717) is 0 Å². The molecule has 0 saturated carbocycles. The number of thioether (sulfide) groups is 1. The standard InChI is InChI=1S/C12H16O3S/c1-12(2,8-11(13)14)16-10-7-5-4-6-9(10)15-3/h4-7H,8H2,1-3H3,(H,13,14). The molecule has 0 fully saturated rings. The van der Waals surface area contributed by atoms with Gasteiger partial charge >= 0.3 is 5.97 Å². The number of aliphatic carboxylic acids is 1. The van der Waals surface area contributed by atoms with Gasteiger partial charge in [-0.25, -0.2) is 0 Å². The van der Waals surface area contributed by atoms with Crippen molar-refractivity contribution in [1.82, 2.24) is 0 Å². The lowest BCUT2D eigenvalue weighted by molar-refractivity contribution is -0.137. The minimum Gasteiger partial charge on any atom is -0.496 e. The highest BCUT2D eigenvalue weighted by atomic mass is 32.2. The average Bonchev–Trinajstić information content (AvgIpc) is 2.15. The van der Waals surface area contributed by atoms with E-state index in [-0.39, 0.29) is 11.2 Å². The van der Waals surface area contributed by atoms with Gasteiger partial charge in [-0.2, -0.15) is 0 Å². The van der Waals surface area contributed by atoms with E-state index in [1.165, 1.54) is 11.8 Å². The summed E-state index contributed by atoms with van der Waals surface area (Å²) in [7, 11) is 1.61. The van der Waals surface area contributed by atoms with Crippen LogP contribution in [0.2, 0.25) is 0 Å². The first kappa shape index (κ1) is 12.9.